The summed E-state index contributed by atoms with van der Waals surface area (Å²) in [7, 11) is 0. The molecule has 5 heteroatoms. The van der Waals surface area contributed by atoms with E-state index in [2.05, 4.69) is 131 Å². The van der Waals surface area contributed by atoms with Gasteiger partial charge in [-0.15, -0.1) is 0 Å². The standard InChI is InChI=1S/C46H29N5/c1-47-38-27-28-43-41(30-38)40-17-8-9-18-42(40)51(43)39-16-10-15-37(29-39)46-49-44(35-23-19-33(20-24-35)31-11-4-2-5-12-31)48-45(50-46)36-25-21-34(22-26-36)32-13-6-3-7-14-32/h2-30H. The van der Waals surface area contributed by atoms with Crippen LogP contribution in [-0.4, -0.2) is 19.5 Å². The maximum absolute atomic E-state index is 7.58. The summed E-state index contributed by atoms with van der Waals surface area (Å²) in [4.78, 5) is 18.9. The minimum atomic E-state index is 0.590. The van der Waals surface area contributed by atoms with Crippen molar-refractivity contribution in [2.75, 3.05) is 0 Å². The number of hydrogen-bond donors (Lipinski definition) is 0. The lowest BCUT2D eigenvalue weighted by Crippen LogP contribution is -2.01. The van der Waals surface area contributed by atoms with Gasteiger partial charge in [0.25, 0.3) is 0 Å². The van der Waals surface area contributed by atoms with E-state index in [9.17, 15) is 0 Å². The van der Waals surface area contributed by atoms with Gasteiger partial charge >= 0.3 is 0 Å². The first-order chi connectivity index (χ1) is 25.2. The molecule has 0 spiro atoms. The zero-order valence-electron chi connectivity index (χ0n) is 27.5. The fourth-order valence-electron chi connectivity index (χ4n) is 6.74. The molecule has 0 saturated heterocycles. The molecule has 2 heterocycles. The molecule has 0 aliphatic carbocycles. The average molecular weight is 652 g/mol. The van der Waals surface area contributed by atoms with Crippen molar-refractivity contribution in [3.63, 3.8) is 0 Å². The van der Waals surface area contributed by atoms with Gasteiger partial charge < -0.3 is 4.57 Å². The Labute approximate surface area is 295 Å². The van der Waals surface area contributed by atoms with E-state index in [1.807, 2.05) is 54.6 Å². The zero-order chi connectivity index (χ0) is 34.1. The first kappa shape index (κ1) is 29.9. The zero-order valence-corrected chi connectivity index (χ0v) is 27.5. The van der Waals surface area contributed by atoms with E-state index in [1.54, 1.807) is 0 Å². The molecule has 9 aromatic rings. The first-order valence-electron chi connectivity index (χ1n) is 16.8. The fraction of sp³-hybridized carbons (Fsp3) is 0. The lowest BCUT2D eigenvalue weighted by atomic mass is 10.0. The van der Waals surface area contributed by atoms with Gasteiger partial charge in [-0.3, -0.25) is 0 Å². The lowest BCUT2D eigenvalue weighted by molar-refractivity contribution is 1.07. The Morgan fingerprint density at radius 1 is 0.373 bits per heavy atom. The summed E-state index contributed by atoms with van der Waals surface area (Å²) in [6, 6.07) is 60.0. The Morgan fingerprint density at radius 3 is 1.43 bits per heavy atom. The SMILES string of the molecule is [C-]#[N+]c1ccc2c(c1)c1ccccc1n2-c1cccc(-c2nc(-c3ccc(-c4ccccc4)cc3)nc(-c3ccc(-c4ccccc4)cc3)n2)c1. The molecule has 9 rings (SSSR count). The molecular weight excluding hydrogens is 623 g/mol. The summed E-state index contributed by atoms with van der Waals surface area (Å²) in [5.41, 5.74) is 11.0. The minimum Gasteiger partial charge on any atom is -0.309 e. The second kappa shape index (κ2) is 12.7. The fourth-order valence-corrected chi connectivity index (χ4v) is 6.74. The molecule has 0 unspecified atom stereocenters. The predicted octanol–water partition coefficient (Wildman–Crippen LogP) is 11.9. The van der Waals surface area contributed by atoms with Crippen LogP contribution in [0, 0.1) is 6.57 Å². The maximum atomic E-state index is 7.58. The highest BCUT2D eigenvalue weighted by Crippen LogP contribution is 2.36. The van der Waals surface area contributed by atoms with Gasteiger partial charge in [0.2, 0.25) is 0 Å². The molecule has 0 amide bonds. The van der Waals surface area contributed by atoms with Gasteiger partial charge in [-0.1, -0.05) is 146 Å². The highest BCUT2D eigenvalue weighted by Gasteiger charge is 2.16. The van der Waals surface area contributed by atoms with Crippen LogP contribution in [0.5, 0.6) is 0 Å². The summed E-state index contributed by atoms with van der Waals surface area (Å²) < 4.78 is 2.25. The van der Waals surface area contributed by atoms with Gasteiger partial charge in [0.05, 0.1) is 17.6 Å². The summed E-state index contributed by atoms with van der Waals surface area (Å²) in [6.07, 6.45) is 0. The van der Waals surface area contributed by atoms with Crippen LogP contribution < -0.4 is 0 Å². The van der Waals surface area contributed by atoms with E-state index in [0.29, 0.717) is 23.2 Å². The van der Waals surface area contributed by atoms with Gasteiger partial charge in [-0.2, -0.15) is 0 Å². The molecule has 7 aromatic carbocycles. The molecule has 0 atom stereocenters. The van der Waals surface area contributed by atoms with Gasteiger partial charge in [0, 0.05) is 27.8 Å². The molecule has 0 aliphatic heterocycles. The number of benzene rings is 7. The number of rotatable bonds is 6. The van der Waals surface area contributed by atoms with Gasteiger partial charge in [0.1, 0.15) is 0 Å². The van der Waals surface area contributed by atoms with Crippen LogP contribution >= 0.6 is 0 Å². The Morgan fingerprint density at radius 2 is 0.843 bits per heavy atom. The Hall–Kier alpha value is -7.16. The quantitative estimate of drug-likeness (QED) is 0.168. The minimum absolute atomic E-state index is 0.590. The molecule has 2 aromatic heterocycles. The normalized spacial score (nSPS) is 11.1. The highest BCUT2D eigenvalue weighted by atomic mass is 15.0. The monoisotopic (exact) mass is 651 g/mol. The number of para-hydroxylation sites is 1. The van der Waals surface area contributed by atoms with Crippen molar-refractivity contribution in [3.8, 4) is 62.1 Å². The van der Waals surface area contributed by atoms with Crippen molar-refractivity contribution in [3.05, 3.63) is 187 Å². The van der Waals surface area contributed by atoms with Crippen molar-refractivity contribution in [2.45, 2.75) is 0 Å². The van der Waals surface area contributed by atoms with Crippen molar-refractivity contribution in [2.24, 2.45) is 0 Å². The average Bonchev–Trinajstić information content (AvgIpc) is 3.55. The van der Waals surface area contributed by atoms with Gasteiger partial charge in [-0.25, -0.2) is 19.8 Å². The first-order valence-corrected chi connectivity index (χ1v) is 16.8. The second-order valence-corrected chi connectivity index (χ2v) is 12.4. The van der Waals surface area contributed by atoms with E-state index in [0.717, 1.165) is 66.4 Å². The largest absolute Gasteiger partial charge is 0.309 e. The molecule has 0 aliphatic rings. The van der Waals surface area contributed by atoms with Gasteiger partial charge in [-0.05, 0) is 58.0 Å². The topological polar surface area (TPSA) is 48.0 Å². The number of nitrogens with zero attached hydrogens (tertiary/aromatic N) is 5. The summed E-state index contributed by atoms with van der Waals surface area (Å²) >= 11 is 0. The molecule has 5 nitrogen and oxygen atoms in total. The van der Waals surface area contributed by atoms with Crippen molar-refractivity contribution in [1.29, 1.82) is 0 Å². The van der Waals surface area contributed by atoms with Crippen molar-refractivity contribution >= 4 is 27.5 Å². The van der Waals surface area contributed by atoms with Crippen LogP contribution in [0.4, 0.5) is 5.69 Å². The van der Waals surface area contributed by atoms with Crippen LogP contribution in [0.3, 0.4) is 0 Å². The molecule has 0 bridgehead atoms. The van der Waals surface area contributed by atoms with Crippen LogP contribution in [0.25, 0.3) is 88.8 Å². The lowest BCUT2D eigenvalue weighted by Gasteiger charge is -2.12. The maximum Gasteiger partial charge on any atom is 0.188 e. The smallest absolute Gasteiger partial charge is 0.188 e. The molecule has 238 valence electrons. The second-order valence-electron chi connectivity index (χ2n) is 12.4. The summed E-state index contributed by atoms with van der Waals surface area (Å²) in [6.45, 7) is 7.58. The van der Waals surface area contributed by atoms with Crippen molar-refractivity contribution < 1.29 is 0 Å². The van der Waals surface area contributed by atoms with E-state index in [-0.39, 0.29) is 0 Å². The van der Waals surface area contributed by atoms with Crippen LogP contribution in [0.15, 0.2) is 176 Å². The number of hydrogen-bond acceptors (Lipinski definition) is 3. The molecule has 51 heavy (non-hydrogen) atoms. The Balaban J connectivity index is 1.18. The third-order valence-corrected chi connectivity index (χ3v) is 9.28. The van der Waals surface area contributed by atoms with Crippen LogP contribution in [-0.2, 0) is 0 Å². The van der Waals surface area contributed by atoms with E-state index >= 15 is 0 Å². The van der Waals surface area contributed by atoms with E-state index in [4.69, 9.17) is 21.5 Å². The third-order valence-electron chi connectivity index (χ3n) is 9.28. The third kappa shape index (κ3) is 5.61. The van der Waals surface area contributed by atoms with Crippen LogP contribution in [0.2, 0.25) is 0 Å². The number of aromatic nitrogens is 4. The Kier molecular flexibility index (Phi) is 7.46. The van der Waals surface area contributed by atoms with Crippen LogP contribution in [0.1, 0.15) is 0 Å². The summed E-state index contributed by atoms with van der Waals surface area (Å²) in [5, 5.41) is 2.15. The molecule has 0 radical (unpaired) electrons. The summed E-state index contributed by atoms with van der Waals surface area (Å²) in [5.74, 6) is 1.80. The molecule has 0 saturated carbocycles. The van der Waals surface area contributed by atoms with Crippen molar-refractivity contribution in [1.82, 2.24) is 19.5 Å². The molecule has 0 N–H and O–H groups in total. The van der Waals surface area contributed by atoms with Gasteiger partial charge in [0.15, 0.2) is 23.2 Å². The molecule has 0 fully saturated rings. The van der Waals surface area contributed by atoms with E-state index in [1.165, 1.54) is 0 Å². The number of fused-ring (bicyclic) bond motifs is 3. The highest BCUT2D eigenvalue weighted by molar-refractivity contribution is 6.10. The molecular formula is C46H29N5. The Bertz CT molecular complexity index is 2620. The predicted molar refractivity (Wildman–Crippen MR) is 208 cm³/mol. The van der Waals surface area contributed by atoms with E-state index < -0.39 is 0 Å².